The van der Waals surface area contributed by atoms with Crippen LogP contribution in [-0.2, 0) is 4.79 Å². The Morgan fingerprint density at radius 3 is 2.16 bits per heavy atom. The number of likely N-dealkylation sites (N-methyl/N-ethyl adjacent to an activating group) is 1. The first kappa shape index (κ1) is 23.0. The van der Waals surface area contributed by atoms with Crippen molar-refractivity contribution in [2.45, 2.75) is 0 Å². The number of carbonyl (C=O) groups excluding carboxylic acids is 1. The minimum absolute atomic E-state index is 0.152. The highest BCUT2D eigenvalue weighted by molar-refractivity contribution is 5.95. The number of nitrogens with one attached hydrogen (secondary N) is 1. The molecule has 2 aromatic carbocycles. The summed E-state index contributed by atoms with van der Waals surface area (Å²) in [6, 6.07) is 9.05. The van der Waals surface area contributed by atoms with Crippen molar-refractivity contribution in [2.24, 2.45) is 0 Å². The Morgan fingerprint density at radius 1 is 0.938 bits per heavy atom. The molecule has 0 aliphatic heterocycles. The maximum atomic E-state index is 12.3. The number of hydrogen-bond acceptors (Lipinski definition) is 8. The molecule has 0 atom stereocenters. The fraction of sp³-hybridized carbons (Fsp3) is 0.304. The lowest BCUT2D eigenvalue weighted by Crippen LogP contribution is -2.27. The zero-order valence-electron chi connectivity index (χ0n) is 19.0. The van der Waals surface area contributed by atoms with Gasteiger partial charge in [-0.2, -0.15) is 0 Å². The second-order valence-electron chi connectivity index (χ2n) is 7.18. The number of aromatic nitrogens is 1. The summed E-state index contributed by atoms with van der Waals surface area (Å²) in [5.41, 5.74) is 2.76. The lowest BCUT2D eigenvalue weighted by molar-refractivity contribution is -0.116. The smallest absolute Gasteiger partial charge is 0.238 e. The second kappa shape index (κ2) is 10.1. The molecule has 0 aliphatic rings. The van der Waals surface area contributed by atoms with E-state index in [2.05, 4.69) is 10.5 Å². The molecule has 0 saturated carbocycles. The molecule has 1 heterocycles. The normalized spacial score (nSPS) is 10.7. The molecule has 0 saturated heterocycles. The molecule has 0 spiro atoms. The van der Waals surface area contributed by atoms with Crippen molar-refractivity contribution in [3.8, 4) is 45.4 Å². The molecule has 1 aromatic heterocycles. The molecule has 0 aliphatic carbocycles. The minimum atomic E-state index is -0.152. The molecule has 1 N–H and O–H groups in total. The molecule has 9 nitrogen and oxygen atoms in total. The Bertz CT molecular complexity index is 1070. The van der Waals surface area contributed by atoms with E-state index in [9.17, 15) is 4.79 Å². The zero-order valence-corrected chi connectivity index (χ0v) is 19.0. The molecule has 9 heteroatoms. The predicted molar refractivity (Wildman–Crippen MR) is 121 cm³/mol. The van der Waals surface area contributed by atoms with Crippen LogP contribution in [0.15, 0.2) is 41.1 Å². The van der Waals surface area contributed by atoms with Crippen molar-refractivity contribution in [3.05, 3.63) is 36.5 Å². The third kappa shape index (κ3) is 4.78. The number of nitrogens with zero attached hydrogens (tertiary/aromatic N) is 2. The van der Waals surface area contributed by atoms with Gasteiger partial charge in [-0.05, 0) is 43.9 Å². The van der Waals surface area contributed by atoms with Crippen LogP contribution in [-0.4, -0.2) is 65.0 Å². The molecule has 0 radical (unpaired) electrons. The Morgan fingerprint density at radius 2 is 1.59 bits per heavy atom. The van der Waals surface area contributed by atoms with Crippen LogP contribution in [0.2, 0.25) is 0 Å². The first-order chi connectivity index (χ1) is 15.4. The molecule has 0 unspecified atom stereocenters. The van der Waals surface area contributed by atoms with Crippen LogP contribution in [0.5, 0.6) is 23.0 Å². The van der Waals surface area contributed by atoms with Crippen LogP contribution >= 0.6 is 0 Å². The average molecular weight is 441 g/mol. The summed E-state index contributed by atoms with van der Waals surface area (Å²) < 4.78 is 27.3. The summed E-state index contributed by atoms with van der Waals surface area (Å²) in [5, 5.41) is 6.88. The van der Waals surface area contributed by atoms with E-state index in [1.807, 2.05) is 26.2 Å². The SMILES string of the molecule is COc1ccc(-c2cnoc2-c2cc(OC)c(OC)c(OC)c2)cc1NC(=O)CN(C)C. The van der Waals surface area contributed by atoms with Crippen LogP contribution in [0.25, 0.3) is 22.5 Å². The first-order valence-corrected chi connectivity index (χ1v) is 9.79. The molecule has 1 amide bonds. The summed E-state index contributed by atoms with van der Waals surface area (Å²) in [7, 11) is 9.85. The summed E-state index contributed by atoms with van der Waals surface area (Å²) in [4.78, 5) is 14.1. The Hall–Kier alpha value is -3.72. The number of amides is 1. The van der Waals surface area contributed by atoms with E-state index in [4.69, 9.17) is 23.5 Å². The number of carbonyl (C=O) groups is 1. The fourth-order valence-corrected chi connectivity index (χ4v) is 3.32. The lowest BCUT2D eigenvalue weighted by Gasteiger charge is -2.15. The number of hydrogen-bond donors (Lipinski definition) is 1. The zero-order chi connectivity index (χ0) is 23.3. The largest absolute Gasteiger partial charge is 0.495 e. The van der Waals surface area contributed by atoms with Gasteiger partial charge < -0.3 is 33.7 Å². The molecule has 0 bridgehead atoms. The number of methoxy groups -OCH3 is 4. The van der Waals surface area contributed by atoms with Gasteiger partial charge in [-0.1, -0.05) is 11.2 Å². The standard InChI is InChI=1S/C23H27N3O6/c1-26(2)13-21(27)25-17-9-14(7-8-18(17)28-3)16-12-24-32-22(16)15-10-19(29-4)23(31-6)20(11-15)30-5/h7-12H,13H2,1-6H3,(H,25,27). The van der Waals surface area contributed by atoms with Gasteiger partial charge in [0, 0.05) is 11.1 Å². The average Bonchev–Trinajstić information content (AvgIpc) is 3.27. The fourth-order valence-electron chi connectivity index (χ4n) is 3.32. The van der Waals surface area contributed by atoms with Crippen molar-refractivity contribution in [1.29, 1.82) is 0 Å². The van der Waals surface area contributed by atoms with Crippen LogP contribution in [0.3, 0.4) is 0 Å². The molecule has 170 valence electrons. The molecule has 3 rings (SSSR count). The van der Waals surface area contributed by atoms with Gasteiger partial charge in [0.15, 0.2) is 17.3 Å². The summed E-state index contributed by atoms with van der Waals surface area (Å²) in [6.07, 6.45) is 1.62. The molecular formula is C23H27N3O6. The van der Waals surface area contributed by atoms with E-state index in [-0.39, 0.29) is 12.5 Å². The number of ether oxygens (including phenoxy) is 4. The van der Waals surface area contributed by atoms with E-state index in [1.54, 1.807) is 57.7 Å². The Labute approximate surface area is 186 Å². The topological polar surface area (TPSA) is 95.3 Å². The molecule has 3 aromatic rings. The maximum Gasteiger partial charge on any atom is 0.238 e. The molecule has 32 heavy (non-hydrogen) atoms. The van der Waals surface area contributed by atoms with Gasteiger partial charge in [0.2, 0.25) is 11.7 Å². The Balaban J connectivity index is 2.05. The van der Waals surface area contributed by atoms with Crippen molar-refractivity contribution in [3.63, 3.8) is 0 Å². The van der Waals surface area contributed by atoms with Gasteiger partial charge in [0.05, 0.1) is 46.9 Å². The predicted octanol–water partition coefficient (Wildman–Crippen LogP) is 3.54. The highest BCUT2D eigenvalue weighted by Crippen LogP contribution is 2.43. The highest BCUT2D eigenvalue weighted by Gasteiger charge is 2.20. The highest BCUT2D eigenvalue weighted by atomic mass is 16.5. The molecular weight excluding hydrogens is 414 g/mol. The minimum Gasteiger partial charge on any atom is -0.495 e. The van der Waals surface area contributed by atoms with Crippen LogP contribution < -0.4 is 24.3 Å². The summed E-state index contributed by atoms with van der Waals surface area (Å²) in [6.45, 7) is 0.247. The third-order valence-electron chi connectivity index (χ3n) is 4.74. The van der Waals surface area contributed by atoms with E-state index < -0.39 is 0 Å². The lowest BCUT2D eigenvalue weighted by atomic mass is 10.0. The van der Waals surface area contributed by atoms with Crippen molar-refractivity contribution < 1.29 is 28.3 Å². The van der Waals surface area contributed by atoms with Crippen molar-refractivity contribution >= 4 is 11.6 Å². The Kier molecular flexibility index (Phi) is 7.21. The summed E-state index contributed by atoms with van der Waals surface area (Å²) >= 11 is 0. The van der Waals surface area contributed by atoms with Crippen molar-refractivity contribution in [2.75, 3.05) is 54.4 Å². The van der Waals surface area contributed by atoms with Gasteiger partial charge in [0.25, 0.3) is 0 Å². The second-order valence-corrected chi connectivity index (χ2v) is 7.18. The quantitative estimate of drug-likeness (QED) is 0.539. The van der Waals surface area contributed by atoms with Crippen LogP contribution in [0.4, 0.5) is 5.69 Å². The monoisotopic (exact) mass is 441 g/mol. The van der Waals surface area contributed by atoms with Gasteiger partial charge in [-0.3, -0.25) is 4.79 Å². The molecule has 0 fully saturated rings. The first-order valence-electron chi connectivity index (χ1n) is 9.79. The number of anilines is 1. The van der Waals surface area contributed by atoms with Crippen LogP contribution in [0, 0.1) is 0 Å². The van der Waals surface area contributed by atoms with Gasteiger partial charge >= 0.3 is 0 Å². The van der Waals surface area contributed by atoms with Gasteiger partial charge in [0.1, 0.15) is 5.75 Å². The van der Waals surface area contributed by atoms with E-state index in [0.29, 0.717) is 40.0 Å². The maximum absolute atomic E-state index is 12.3. The van der Waals surface area contributed by atoms with Gasteiger partial charge in [-0.15, -0.1) is 0 Å². The number of benzene rings is 2. The van der Waals surface area contributed by atoms with Gasteiger partial charge in [-0.25, -0.2) is 0 Å². The van der Waals surface area contributed by atoms with E-state index in [1.165, 1.54) is 0 Å². The van der Waals surface area contributed by atoms with E-state index in [0.717, 1.165) is 11.1 Å². The van der Waals surface area contributed by atoms with E-state index >= 15 is 0 Å². The number of rotatable bonds is 9. The van der Waals surface area contributed by atoms with Crippen LogP contribution in [0.1, 0.15) is 0 Å². The summed E-state index contributed by atoms with van der Waals surface area (Å²) in [5.74, 6) is 2.38. The third-order valence-corrected chi connectivity index (χ3v) is 4.74. The van der Waals surface area contributed by atoms with Crippen molar-refractivity contribution in [1.82, 2.24) is 10.1 Å².